The second-order valence-electron chi connectivity index (χ2n) is 14.3. The Kier molecular flexibility index (Phi) is 16.2. The molecule has 0 spiro atoms. The summed E-state index contributed by atoms with van der Waals surface area (Å²) in [5, 5.41) is 14.0. The van der Waals surface area contributed by atoms with E-state index in [4.69, 9.17) is 34.7 Å². The van der Waals surface area contributed by atoms with E-state index in [1.165, 1.54) is 29.2 Å². The second-order valence-corrected chi connectivity index (χ2v) is 18.0. The van der Waals surface area contributed by atoms with E-state index in [0.717, 1.165) is 28.2 Å². The van der Waals surface area contributed by atoms with Crippen LogP contribution in [0.4, 0.5) is 11.6 Å². The fourth-order valence-corrected chi connectivity index (χ4v) is 8.72. The van der Waals surface area contributed by atoms with Crippen molar-refractivity contribution in [3.8, 4) is 0 Å². The molecule has 2 fully saturated rings. The van der Waals surface area contributed by atoms with Crippen molar-refractivity contribution in [3.63, 3.8) is 0 Å². The van der Waals surface area contributed by atoms with Crippen LogP contribution in [0.2, 0.25) is 0 Å². The van der Waals surface area contributed by atoms with Gasteiger partial charge in [0.15, 0.2) is 28.9 Å². The van der Waals surface area contributed by atoms with Crippen molar-refractivity contribution in [1.82, 2.24) is 34.4 Å². The lowest BCUT2D eigenvalue weighted by atomic mass is 10.1. The Morgan fingerprint density at radius 1 is 1.02 bits per heavy atom. The molecule has 64 heavy (non-hydrogen) atoms. The van der Waals surface area contributed by atoms with Gasteiger partial charge in [-0.3, -0.25) is 32.3 Å². The smallest absolute Gasteiger partial charge is 0.455 e. The number of aliphatic hydroxyl groups excluding tert-OH is 1. The Labute approximate surface area is 367 Å². The number of anilines is 2. The van der Waals surface area contributed by atoms with Crippen LogP contribution >= 0.6 is 27.4 Å². The number of allylic oxidation sites excluding steroid dienone is 1. The average molecular weight is 954 g/mol. The number of nitrogen functional groups attached to an aromatic ring is 2. The summed E-state index contributed by atoms with van der Waals surface area (Å²) < 4.78 is 60.1. The number of rotatable bonds is 21. The van der Waals surface area contributed by atoms with Crippen LogP contribution in [0, 0.1) is 0 Å². The molecule has 346 valence electrons. The number of imidazole rings is 1. The highest BCUT2D eigenvalue weighted by Gasteiger charge is 2.50. The fourth-order valence-electron chi connectivity index (χ4n) is 6.64. The van der Waals surface area contributed by atoms with Crippen molar-refractivity contribution in [2.24, 2.45) is 0 Å². The number of hydrogen-bond donors (Lipinski definition) is 7. The van der Waals surface area contributed by atoms with Gasteiger partial charge in [-0.05, 0) is 24.5 Å². The summed E-state index contributed by atoms with van der Waals surface area (Å²) in [6.07, 6.45) is -6.12. The minimum atomic E-state index is -5.26. The van der Waals surface area contributed by atoms with Gasteiger partial charge in [-0.2, -0.15) is 4.98 Å². The number of carbonyl (C=O) groups is 3. The van der Waals surface area contributed by atoms with Gasteiger partial charge in [-0.25, -0.2) is 33.7 Å². The first-order valence-corrected chi connectivity index (χ1v) is 23.3. The Morgan fingerprint density at radius 3 is 2.48 bits per heavy atom. The van der Waals surface area contributed by atoms with Crippen LogP contribution in [0.5, 0.6) is 0 Å². The highest BCUT2D eigenvalue weighted by molar-refractivity contribution is 8.12. The molecule has 3 aromatic heterocycles. The van der Waals surface area contributed by atoms with Crippen LogP contribution in [0.1, 0.15) is 50.1 Å². The topological polar surface area (TPSA) is 364 Å². The lowest BCUT2D eigenvalue weighted by Gasteiger charge is -2.25. The monoisotopic (exact) mass is 953 g/mol. The Morgan fingerprint density at radius 2 is 1.77 bits per heavy atom. The number of amides is 1. The second kappa shape index (κ2) is 21.4. The predicted octanol–water partition coefficient (Wildman–Crippen LogP) is 1.01. The number of nitrogens with zero attached hydrogens (tertiary/aromatic N) is 6. The van der Waals surface area contributed by atoms with Crippen LogP contribution in [0.25, 0.3) is 11.2 Å². The molecule has 5 heterocycles. The maximum Gasteiger partial charge on any atom is 0.472 e. The number of esters is 1. The van der Waals surface area contributed by atoms with E-state index < -0.39 is 95.4 Å². The number of fused-ring (bicyclic) bond motifs is 1. The zero-order valence-corrected chi connectivity index (χ0v) is 36.2. The molecule has 1 amide bonds. The van der Waals surface area contributed by atoms with Crippen molar-refractivity contribution >= 4 is 67.2 Å². The van der Waals surface area contributed by atoms with Gasteiger partial charge in [0.1, 0.15) is 54.3 Å². The Balaban J connectivity index is 1.20. The summed E-state index contributed by atoms with van der Waals surface area (Å²) in [4.78, 5) is 97.7. The maximum absolute atomic E-state index is 13.9. The molecular weight excluding hydrogens is 908 g/mol. The van der Waals surface area contributed by atoms with Crippen molar-refractivity contribution in [3.05, 3.63) is 84.0 Å². The number of phosphoric ester groups is 2. The largest absolute Gasteiger partial charge is 0.472 e. The van der Waals surface area contributed by atoms with Crippen molar-refractivity contribution in [1.29, 1.82) is 0 Å². The molecule has 0 aliphatic carbocycles. The van der Waals surface area contributed by atoms with Crippen LogP contribution in [-0.4, -0.2) is 116 Å². The van der Waals surface area contributed by atoms with Gasteiger partial charge in [0.25, 0.3) is 0 Å². The number of aliphatic hydroxyl groups is 1. The van der Waals surface area contributed by atoms with E-state index >= 15 is 0 Å². The molecule has 2 aliphatic rings. The third kappa shape index (κ3) is 12.9. The quantitative estimate of drug-likeness (QED) is 0.0348. The normalized spacial score (nSPS) is 23.7. The summed E-state index contributed by atoms with van der Waals surface area (Å²) in [6, 6.07) is 9.06. The van der Waals surface area contributed by atoms with Crippen LogP contribution in [0.3, 0.4) is 0 Å². The molecule has 0 saturated carbocycles. The fraction of sp³-hybridized carbons (Fsp3) is 0.444. The SMILES string of the molecule is C=CCCC(=O)N[C@H](CCC(=O)SCc1ccccc1)C(=O)OC1C(COP(=O)(O)O[C@H]2C[C@H](n3ccc(N)nc3=O)O[C@@H]2COP(=O)(O)O)OC(n2cnc3c(N)ncnc32)C1O. The number of aromatic nitrogens is 6. The third-order valence-electron chi connectivity index (χ3n) is 9.72. The Bertz CT molecular complexity index is 2460. The maximum atomic E-state index is 13.9. The summed E-state index contributed by atoms with van der Waals surface area (Å²) in [5.41, 5.74) is 11.8. The standard InChI is InChI=1S/C36H45N9O16P2S/c1-2-3-9-26(46)42-21(10-11-28(47)64-17-20-7-5-4-6-8-20)35(49)60-31-24(59-34(30(31)48)45-19-41-29-32(38)39-18-40-33(29)45)16-57-63(54,55)61-22-14-27(44-13-12-25(37)43-36(44)50)58-23(22)15-56-62(51,52)53/h2,4-8,12-13,18-19,21-24,27,30-31,34,48H,1,3,9-11,14-17H2,(H,42,46)(H,54,55)(H2,37,43,50)(H2,38,39,40)(H2,51,52,53)/t21-,22+,23-,24?,27-,30?,31?,34?/m1/s1. The molecule has 0 bridgehead atoms. The summed E-state index contributed by atoms with van der Waals surface area (Å²) in [6.45, 7) is 1.81. The molecule has 28 heteroatoms. The summed E-state index contributed by atoms with van der Waals surface area (Å²) in [7, 11) is -10.3. The van der Waals surface area contributed by atoms with Gasteiger partial charge in [-0.1, -0.05) is 48.2 Å². The van der Waals surface area contributed by atoms with Crippen molar-refractivity contribution < 1.29 is 71.1 Å². The summed E-state index contributed by atoms with van der Waals surface area (Å²) >= 11 is 1.02. The minimum absolute atomic E-state index is 0.0101. The highest BCUT2D eigenvalue weighted by Crippen LogP contribution is 2.50. The lowest BCUT2D eigenvalue weighted by Crippen LogP contribution is -2.46. The highest BCUT2D eigenvalue weighted by atomic mass is 32.2. The van der Waals surface area contributed by atoms with Crippen molar-refractivity contribution in [2.75, 3.05) is 24.7 Å². The predicted molar refractivity (Wildman–Crippen MR) is 223 cm³/mol. The molecule has 2 saturated heterocycles. The number of nitrogens with one attached hydrogen (secondary N) is 1. The van der Waals surface area contributed by atoms with Gasteiger partial charge in [0, 0.05) is 31.2 Å². The first kappa shape index (κ1) is 48.5. The lowest BCUT2D eigenvalue weighted by molar-refractivity contribution is -0.160. The van der Waals surface area contributed by atoms with Gasteiger partial charge < -0.3 is 50.8 Å². The van der Waals surface area contributed by atoms with E-state index in [1.54, 1.807) is 0 Å². The van der Waals surface area contributed by atoms with Gasteiger partial charge >= 0.3 is 27.3 Å². The molecule has 2 aliphatic heterocycles. The number of thioether (sulfide) groups is 1. The number of ether oxygens (including phenoxy) is 3. The number of phosphoric acid groups is 2. The number of carbonyl (C=O) groups excluding carboxylic acids is 3. The van der Waals surface area contributed by atoms with E-state index in [1.807, 2.05) is 30.3 Å². The van der Waals surface area contributed by atoms with Crippen LogP contribution in [0.15, 0.2) is 72.7 Å². The van der Waals surface area contributed by atoms with Crippen LogP contribution in [-0.2, 0) is 57.0 Å². The Hall–Kier alpha value is -4.95. The molecule has 1 aromatic carbocycles. The third-order valence-corrected chi connectivity index (χ3v) is 12.2. The minimum Gasteiger partial charge on any atom is -0.455 e. The molecule has 0 radical (unpaired) electrons. The van der Waals surface area contributed by atoms with Gasteiger partial charge in [0.2, 0.25) is 5.91 Å². The number of benzene rings is 1. The zero-order valence-electron chi connectivity index (χ0n) is 33.6. The van der Waals surface area contributed by atoms with E-state index in [9.17, 15) is 48.1 Å². The van der Waals surface area contributed by atoms with E-state index in [2.05, 4.69) is 36.4 Å². The van der Waals surface area contributed by atoms with E-state index in [0.29, 0.717) is 5.75 Å². The molecule has 6 rings (SSSR count). The molecule has 25 nitrogen and oxygen atoms in total. The van der Waals surface area contributed by atoms with Gasteiger partial charge in [-0.15, -0.1) is 6.58 Å². The van der Waals surface area contributed by atoms with Crippen molar-refractivity contribution in [2.45, 2.75) is 86.9 Å². The molecule has 4 aromatic rings. The molecule has 9 atom stereocenters. The molecule has 5 unspecified atom stereocenters. The zero-order chi connectivity index (χ0) is 46.2. The molecule has 9 N–H and O–H groups in total. The van der Waals surface area contributed by atoms with E-state index in [-0.39, 0.29) is 60.0 Å². The number of nitrogens with two attached hydrogens (primary N) is 2. The summed E-state index contributed by atoms with van der Waals surface area (Å²) in [5.74, 6) is -1.41. The first-order chi connectivity index (χ1) is 30.4. The first-order valence-electron chi connectivity index (χ1n) is 19.3. The molecular formula is C36H45N9O16P2S. The average Bonchev–Trinajstić information content (AvgIpc) is 3.94. The number of hydrogen-bond acceptors (Lipinski definition) is 20. The van der Waals surface area contributed by atoms with Crippen LogP contribution < -0.4 is 22.5 Å². The van der Waals surface area contributed by atoms with Gasteiger partial charge in [0.05, 0.1) is 19.5 Å².